The highest BCUT2D eigenvalue weighted by Gasteiger charge is 2.12. The molecule has 0 aromatic heterocycles. The summed E-state index contributed by atoms with van der Waals surface area (Å²) in [5.74, 6) is 1.53. The Morgan fingerprint density at radius 2 is 2.22 bits per heavy atom. The summed E-state index contributed by atoms with van der Waals surface area (Å²) in [6, 6.07) is 5.99. The molecule has 3 nitrogen and oxygen atoms in total. The second kappa shape index (κ2) is 7.29. The lowest BCUT2D eigenvalue weighted by atomic mass is 10.1. The molecule has 0 spiro atoms. The molecule has 1 atom stereocenters. The number of benzene rings is 1. The van der Waals surface area contributed by atoms with Crippen molar-refractivity contribution in [2.75, 3.05) is 20.3 Å². The average molecular weight is 270 g/mol. The standard InChI is InChI=1S/C14H20ClNO2/c1-5-16-11(3)13-7-6-12(17-4)8-14(13)18-9-10(2)15/h6-8,11,16H,2,5,9H2,1,3-4H3. The predicted molar refractivity (Wildman–Crippen MR) is 75.6 cm³/mol. The SMILES string of the molecule is C=C(Cl)COc1cc(OC)ccc1C(C)NCC. The van der Waals surface area contributed by atoms with Crippen molar-refractivity contribution in [1.29, 1.82) is 0 Å². The predicted octanol–water partition coefficient (Wildman–Crippen LogP) is 3.50. The number of hydrogen-bond donors (Lipinski definition) is 1. The van der Waals surface area contributed by atoms with Crippen LogP contribution < -0.4 is 14.8 Å². The average Bonchev–Trinajstić information content (AvgIpc) is 2.36. The van der Waals surface area contributed by atoms with Crippen LogP contribution in [0.5, 0.6) is 11.5 Å². The van der Waals surface area contributed by atoms with Crippen LogP contribution in [0.3, 0.4) is 0 Å². The molecular formula is C14H20ClNO2. The largest absolute Gasteiger partial charge is 0.497 e. The maximum Gasteiger partial charge on any atom is 0.128 e. The summed E-state index contributed by atoms with van der Waals surface area (Å²) >= 11 is 5.73. The summed E-state index contributed by atoms with van der Waals surface area (Å²) in [6.45, 7) is 8.97. The Bertz CT molecular complexity index is 407. The summed E-state index contributed by atoms with van der Waals surface area (Å²) in [6.07, 6.45) is 0. The molecule has 0 saturated heterocycles. The highest BCUT2D eigenvalue weighted by molar-refractivity contribution is 6.29. The van der Waals surface area contributed by atoms with Crippen molar-refractivity contribution in [2.45, 2.75) is 19.9 Å². The van der Waals surface area contributed by atoms with Crippen LogP contribution in [-0.2, 0) is 0 Å². The molecule has 1 unspecified atom stereocenters. The minimum absolute atomic E-state index is 0.208. The lowest BCUT2D eigenvalue weighted by molar-refractivity contribution is 0.345. The van der Waals surface area contributed by atoms with Gasteiger partial charge in [-0.05, 0) is 19.5 Å². The Balaban J connectivity index is 2.95. The molecular weight excluding hydrogens is 250 g/mol. The molecule has 0 saturated carbocycles. The fraction of sp³-hybridized carbons (Fsp3) is 0.429. The molecule has 1 aromatic rings. The highest BCUT2D eigenvalue weighted by Crippen LogP contribution is 2.30. The van der Waals surface area contributed by atoms with Crippen LogP contribution in [0.2, 0.25) is 0 Å². The van der Waals surface area contributed by atoms with Crippen LogP contribution in [0.4, 0.5) is 0 Å². The van der Waals surface area contributed by atoms with E-state index in [-0.39, 0.29) is 6.04 Å². The molecule has 0 radical (unpaired) electrons. The van der Waals surface area contributed by atoms with Crippen molar-refractivity contribution >= 4 is 11.6 Å². The number of hydrogen-bond acceptors (Lipinski definition) is 3. The molecule has 0 bridgehead atoms. The van der Waals surface area contributed by atoms with Gasteiger partial charge in [0.05, 0.1) is 7.11 Å². The van der Waals surface area contributed by atoms with E-state index in [2.05, 4.69) is 25.7 Å². The van der Waals surface area contributed by atoms with E-state index in [0.717, 1.165) is 23.6 Å². The van der Waals surface area contributed by atoms with Gasteiger partial charge in [0.15, 0.2) is 0 Å². The summed E-state index contributed by atoms with van der Waals surface area (Å²) in [4.78, 5) is 0. The maximum absolute atomic E-state index is 5.73. The van der Waals surface area contributed by atoms with E-state index >= 15 is 0 Å². The van der Waals surface area contributed by atoms with Gasteiger partial charge < -0.3 is 14.8 Å². The number of halogens is 1. The van der Waals surface area contributed by atoms with E-state index in [1.165, 1.54) is 0 Å². The number of rotatable bonds is 7. The third-order valence-electron chi connectivity index (χ3n) is 2.58. The quantitative estimate of drug-likeness (QED) is 0.822. The first-order chi connectivity index (χ1) is 8.58. The maximum atomic E-state index is 5.73. The van der Waals surface area contributed by atoms with Crippen LogP contribution in [0.1, 0.15) is 25.5 Å². The Labute approximate surface area is 114 Å². The Morgan fingerprint density at radius 3 is 2.78 bits per heavy atom. The molecule has 1 N–H and O–H groups in total. The van der Waals surface area contributed by atoms with Gasteiger partial charge in [-0.2, -0.15) is 0 Å². The van der Waals surface area contributed by atoms with Crippen molar-refractivity contribution in [2.24, 2.45) is 0 Å². The van der Waals surface area contributed by atoms with Gasteiger partial charge >= 0.3 is 0 Å². The van der Waals surface area contributed by atoms with Gasteiger partial charge in [-0.3, -0.25) is 0 Å². The van der Waals surface area contributed by atoms with E-state index in [4.69, 9.17) is 21.1 Å². The van der Waals surface area contributed by atoms with Gasteiger partial charge in [0.25, 0.3) is 0 Å². The number of ether oxygens (including phenoxy) is 2. The Kier molecular flexibility index (Phi) is 6.02. The topological polar surface area (TPSA) is 30.5 Å². The fourth-order valence-corrected chi connectivity index (χ4v) is 1.75. The molecule has 100 valence electrons. The molecule has 1 rings (SSSR count). The molecule has 4 heteroatoms. The second-order valence-electron chi connectivity index (χ2n) is 3.99. The first kappa shape index (κ1) is 14.9. The van der Waals surface area contributed by atoms with E-state index < -0.39 is 0 Å². The number of methoxy groups -OCH3 is 1. The van der Waals surface area contributed by atoms with Crippen molar-refractivity contribution in [3.8, 4) is 11.5 Å². The minimum atomic E-state index is 0.208. The van der Waals surface area contributed by atoms with Gasteiger partial charge in [-0.25, -0.2) is 0 Å². The van der Waals surface area contributed by atoms with Gasteiger partial charge in [0.1, 0.15) is 18.1 Å². The lowest BCUT2D eigenvalue weighted by Gasteiger charge is -2.18. The van der Waals surface area contributed by atoms with E-state index in [9.17, 15) is 0 Å². The van der Waals surface area contributed by atoms with Gasteiger partial charge in [-0.15, -0.1) is 0 Å². The van der Waals surface area contributed by atoms with Crippen molar-refractivity contribution in [3.63, 3.8) is 0 Å². The van der Waals surface area contributed by atoms with Gasteiger partial charge in [0.2, 0.25) is 0 Å². The highest BCUT2D eigenvalue weighted by atomic mass is 35.5. The van der Waals surface area contributed by atoms with Gasteiger partial charge in [-0.1, -0.05) is 31.2 Å². The van der Waals surface area contributed by atoms with Gasteiger partial charge in [0, 0.05) is 22.7 Å². The summed E-state index contributed by atoms with van der Waals surface area (Å²) < 4.78 is 10.9. The Morgan fingerprint density at radius 1 is 1.50 bits per heavy atom. The third-order valence-corrected chi connectivity index (χ3v) is 2.69. The smallest absolute Gasteiger partial charge is 0.128 e. The molecule has 0 fully saturated rings. The van der Waals surface area contributed by atoms with Crippen molar-refractivity contribution in [1.82, 2.24) is 5.32 Å². The molecule has 0 aliphatic heterocycles. The monoisotopic (exact) mass is 269 g/mol. The Hall–Kier alpha value is -1.19. The zero-order valence-electron chi connectivity index (χ0n) is 11.1. The zero-order chi connectivity index (χ0) is 13.5. The van der Waals surface area contributed by atoms with Crippen LogP contribution >= 0.6 is 11.6 Å². The summed E-state index contributed by atoms with van der Waals surface area (Å²) in [5, 5.41) is 3.82. The van der Waals surface area contributed by atoms with E-state index in [1.54, 1.807) is 7.11 Å². The first-order valence-corrected chi connectivity index (χ1v) is 6.33. The molecule has 0 heterocycles. The molecule has 1 aromatic carbocycles. The molecule has 18 heavy (non-hydrogen) atoms. The van der Waals surface area contributed by atoms with Crippen LogP contribution in [-0.4, -0.2) is 20.3 Å². The molecule has 0 aliphatic carbocycles. The first-order valence-electron chi connectivity index (χ1n) is 5.95. The summed E-state index contributed by atoms with van der Waals surface area (Å²) in [7, 11) is 1.63. The normalized spacial score (nSPS) is 12.0. The van der Waals surface area contributed by atoms with Crippen molar-refractivity contribution < 1.29 is 9.47 Å². The zero-order valence-corrected chi connectivity index (χ0v) is 11.9. The van der Waals surface area contributed by atoms with Crippen LogP contribution in [0.25, 0.3) is 0 Å². The molecule has 0 amide bonds. The van der Waals surface area contributed by atoms with E-state index in [0.29, 0.717) is 11.6 Å². The second-order valence-corrected chi connectivity index (χ2v) is 4.52. The van der Waals surface area contributed by atoms with Crippen molar-refractivity contribution in [3.05, 3.63) is 35.4 Å². The minimum Gasteiger partial charge on any atom is -0.497 e. The lowest BCUT2D eigenvalue weighted by Crippen LogP contribution is -2.18. The molecule has 0 aliphatic rings. The van der Waals surface area contributed by atoms with E-state index in [1.807, 2.05) is 18.2 Å². The number of nitrogens with one attached hydrogen (secondary N) is 1. The summed E-state index contributed by atoms with van der Waals surface area (Å²) in [5.41, 5.74) is 1.08. The fourth-order valence-electron chi connectivity index (χ4n) is 1.70. The van der Waals surface area contributed by atoms with Crippen LogP contribution in [0, 0.1) is 0 Å². The third kappa shape index (κ3) is 4.24. The van der Waals surface area contributed by atoms with Crippen LogP contribution in [0.15, 0.2) is 29.8 Å².